The number of fused-ring (bicyclic) bond motifs is 6. The van der Waals surface area contributed by atoms with Crippen molar-refractivity contribution in [2.45, 2.75) is 44.9 Å². The van der Waals surface area contributed by atoms with Crippen molar-refractivity contribution < 1.29 is 9.31 Å². The highest BCUT2D eigenvalue weighted by molar-refractivity contribution is 6.62. The molecule has 0 aromatic heterocycles. The number of allylic oxidation sites excluding steroid dienone is 2. The highest BCUT2D eigenvalue weighted by Crippen LogP contribution is 2.56. The molecule has 3 heterocycles. The van der Waals surface area contributed by atoms with E-state index < -0.39 is 18.3 Å². The van der Waals surface area contributed by atoms with Gasteiger partial charge in [-0.1, -0.05) is 91.0 Å². The molecule has 1 saturated heterocycles. The van der Waals surface area contributed by atoms with Crippen LogP contribution >= 0.6 is 0 Å². The number of para-hydroxylation sites is 3. The highest BCUT2D eigenvalue weighted by atomic mass is 16.7. The minimum Gasteiger partial charge on any atom is -0.399 e. The van der Waals surface area contributed by atoms with E-state index in [1.165, 1.54) is 28.1 Å². The Morgan fingerprint density at radius 3 is 1.95 bits per heavy atom. The summed E-state index contributed by atoms with van der Waals surface area (Å²) in [5.74, 6) is 0.177. The predicted octanol–water partition coefficient (Wildman–Crippen LogP) is 8.27. The van der Waals surface area contributed by atoms with Crippen molar-refractivity contribution in [1.82, 2.24) is 0 Å². The third-order valence-electron chi connectivity index (χ3n) is 9.76. The van der Waals surface area contributed by atoms with E-state index in [9.17, 15) is 0 Å². The maximum atomic E-state index is 6.57. The molecule has 0 saturated carbocycles. The van der Waals surface area contributed by atoms with Gasteiger partial charge in [-0.05, 0) is 75.1 Å². The number of anilines is 4. The normalized spacial score (nSPS) is 22.7. The minimum atomic E-state index is -0.445. The molecule has 3 aliphatic heterocycles. The smallest absolute Gasteiger partial charge is 0.399 e. The van der Waals surface area contributed by atoms with Gasteiger partial charge in [0.1, 0.15) is 0 Å². The van der Waals surface area contributed by atoms with Crippen molar-refractivity contribution in [3.05, 3.63) is 139 Å². The fourth-order valence-electron chi connectivity index (χ4n) is 6.96. The lowest BCUT2D eigenvalue weighted by Crippen LogP contribution is -2.41. The van der Waals surface area contributed by atoms with Gasteiger partial charge in [0.2, 0.25) is 0 Å². The van der Waals surface area contributed by atoms with Crippen molar-refractivity contribution in [1.29, 1.82) is 0 Å². The van der Waals surface area contributed by atoms with Crippen LogP contribution in [0.1, 0.15) is 38.8 Å². The zero-order valence-corrected chi connectivity index (χ0v) is 25.1. The zero-order chi connectivity index (χ0) is 29.3. The van der Waals surface area contributed by atoms with E-state index in [1.807, 2.05) is 0 Å². The van der Waals surface area contributed by atoms with Gasteiger partial charge in [-0.15, -0.1) is 0 Å². The molecule has 0 N–H and O–H groups in total. The lowest BCUT2D eigenvalue weighted by Gasteiger charge is -2.34. The second-order valence-electron chi connectivity index (χ2n) is 12.8. The largest absolute Gasteiger partial charge is 0.494 e. The summed E-state index contributed by atoms with van der Waals surface area (Å²) >= 11 is 0. The van der Waals surface area contributed by atoms with Crippen molar-refractivity contribution >= 4 is 46.6 Å². The summed E-state index contributed by atoms with van der Waals surface area (Å²) in [6.07, 6.45) is 9.10. The highest BCUT2D eigenvalue weighted by Gasteiger charge is 2.52. The fourth-order valence-corrected chi connectivity index (χ4v) is 6.96. The SMILES string of the molecule is CC1(C)OB(c2ccc3c(c2)C2=C(c4ccccc4N3c3ccccc3)N(c3ccccc3)C3C=CC=CC23)OC1(C)C. The van der Waals surface area contributed by atoms with E-state index in [0.29, 0.717) is 0 Å². The molecule has 4 nitrogen and oxygen atoms in total. The first-order valence-electron chi connectivity index (χ1n) is 15.2. The molecule has 0 spiro atoms. The van der Waals surface area contributed by atoms with E-state index in [-0.39, 0.29) is 12.0 Å². The number of rotatable bonds is 3. The maximum absolute atomic E-state index is 6.57. The van der Waals surface area contributed by atoms with Crippen LogP contribution in [0.5, 0.6) is 0 Å². The molecule has 1 aliphatic carbocycles. The summed E-state index contributed by atoms with van der Waals surface area (Å²) in [4.78, 5) is 4.95. The van der Waals surface area contributed by atoms with E-state index in [0.717, 1.165) is 22.5 Å². The fraction of sp³-hybridized carbons (Fsp3) is 0.211. The molecule has 2 atom stereocenters. The Labute approximate surface area is 254 Å². The van der Waals surface area contributed by atoms with Crippen LogP contribution in [0.4, 0.5) is 22.7 Å². The Morgan fingerprint density at radius 2 is 1.23 bits per heavy atom. The van der Waals surface area contributed by atoms with Gasteiger partial charge >= 0.3 is 7.12 Å². The number of benzene rings is 4. The zero-order valence-electron chi connectivity index (χ0n) is 25.1. The number of hydrogen-bond acceptors (Lipinski definition) is 4. The molecule has 8 rings (SSSR count). The van der Waals surface area contributed by atoms with E-state index in [1.54, 1.807) is 0 Å². The monoisotopic (exact) mass is 562 g/mol. The van der Waals surface area contributed by atoms with Crippen LogP contribution in [0.25, 0.3) is 11.3 Å². The van der Waals surface area contributed by atoms with E-state index >= 15 is 0 Å². The van der Waals surface area contributed by atoms with E-state index in [2.05, 4.69) is 165 Å². The topological polar surface area (TPSA) is 24.9 Å². The summed E-state index contributed by atoms with van der Waals surface area (Å²) in [7, 11) is -0.445. The molecule has 4 aliphatic rings. The average molecular weight is 563 g/mol. The van der Waals surface area contributed by atoms with Crippen LogP contribution in [0.15, 0.2) is 127 Å². The molecular weight excluding hydrogens is 527 g/mol. The summed E-state index contributed by atoms with van der Waals surface area (Å²) < 4.78 is 13.1. The molecule has 4 aromatic carbocycles. The second-order valence-corrected chi connectivity index (χ2v) is 12.8. The molecule has 0 radical (unpaired) electrons. The van der Waals surface area contributed by atoms with Crippen LogP contribution in [-0.2, 0) is 9.31 Å². The summed E-state index contributed by atoms with van der Waals surface area (Å²) in [6.45, 7) is 8.46. The quantitative estimate of drug-likeness (QED) is 0.235. The molecule has 2 unspecified atom stereocenters. The first-order chi connectivity index (χ1) is 20.8. The Balaban J connectivity index is 1.42. The number of hydrogen-bond donors (Lipinski definition) is 0. The van der Waals surface area contributed by atoms with Gasteiger partial charge in [-0.3, -0.25) is 0 Å². The molecular formula is C38H35BN2O2. The first kappa shape index (κ1) is 26.3. The van der Waals surface area contributed by atoms with Gasteiger partial charge in [0.15, 0.2) is 0 Å². The van der Waals surface area contributed by atoms with Gasteiger partial charge in [0.25, 0.3) is 0 Å². The Bertz CT molecular complexity index is 1790. The van der Waals surface area contributed by atoms with Crippen molar-refractivity contribution in [2.75, 3.05) is 9.80 Å². The number of nitrogens with zero attached hydrogens (tertiary/aromatic N) is 2. The first-order valence-corrected chi connectivity index (χ1v) is 15.2. The van der Waals surface area contributed by atoms with Crippen molar-refractivity contribution in [3.8, 4) is 0 Å². The van der Waals surface area contributed by atoms with Crippen LogP contribution in [-0.4, -0.2) is 24.4 Å². The standard InChI is InChI=1S/C38H35BN2O2/c1-37(2)38(3,4)43-39(42-37)26-23-24-34-31(25-26)35-29-19-11-13-21-32(29)41(28-17-9-6-10-18-28)36(35)30-20-12-14-22-33(30)40(34)27-15-7-5-8-16-27/h5-25,29,32H,1-4H3. The van der Waals surface area contributed by atoms with Gasteiger partial charge in [-0.25, -0.2) is 0 Å². The van der Waals surface area contributed by atoms with Crippen LogP contribution in [0, 0.1) is 5.92 Å². The summed E-state index contributed by atoms with van der Waals surface area (Å²) in [6, 6.07) is 37.3. The third-order valence-corrected chi connectivity index (χ3v) is 9.76. The third kappa shape index (κ3) is 3.99. The average Bonchev–Trinajstić information content (AvgIpc) is 3.43. The Morgan fingerprint density at radius 1 is 0.628 bits per heavy atom. The second kappa shape index (κ2) is 9.60. The predicted molar refractivity (Wildman–Crippen MR) is 178 cm³/mol. The van der Waals surface area contributed by atoms with Crippen LogP contribution < -0.4 is 15.3 Å². The molecule has 0 amide bonds. The van der Waals surface area contributed by atoms with Crippen LogP contribution in [0.2, 0.25) is 0 Å². The van der Waals surface area contributed by atoms with Gasteiger partial charge in [-0.2, -0.15) is 0 Å². The molecule has 43 heavy (non-hydrogen) atoms. The molecule has 4 aromatic rings. The van der Waals surface area contributed by atoms with Crippen molar-refractivity contribution in [3.63, 3.8) is 0 Å². The van der Waals surface area contributed by atoms with Crippen molar-refractivity contribution in [2.24, 2.45) is 5.92 Å². The maximum Gasteiger partial charge on any atom is 0.494 e. The lowest BCUT2D eigenvalue weighted by molar-refractivity contribution is 0.00578. The summed E-state index contributed by atoms with van der Waals surface area (Å²) in [5, 5.41) is 0. The van der Waals surface area contributed by atoms with E-state index in [4.69, 9.17) is 9.31 Å². The minimum absolute atomic E-state index is 0.169. The molecule has 5 heteroatoms. The Kier molecular flexibility index (Phi) is 5.88. The van der Waals surface area contributed by atoms with Gasteiger partial charge in [0, 0.05) is 28.4 Å². The molecule has 1 fully saturated rings. The van der Waals surface area contributed by atoms with Crippen LogP contribution in [0.3, 0.4) is 0 Å². The molecule has 212 valence electrons. The lowest BCUT2D eigenvalue weighted by atomic mass is 9.76. The van der Waals surface area contributed by atoms with Gasteiger partial charge in [0.05, 0.1) is 34.3 Å². The molecule has 0 bridgehead atoms. The Hall–Kier alpha value is -4.32. The van der Waals surface area contributed by atoms with Gasteiger partial charge < -0.3 is 19.1 Å². The summed E-state index contributed by atoms with van der Waals surface area (Å²) in [5.41, 5.74) is 9.83.